The van der Waals surface area contributed by atoms with Gasteiger partial charge in [-0.2, -0.15) is 0 Å². The van der Waals surface area contributed by atoms with Gasteiger partial charge in [0.25, 0.3) is 0 Å². The number of aromatic amines is 1. The molecular formula is C14H16N2O2. The van der Waals surface area contributed by atoms with E-state index >= 15 is 0 Å². The average molecular weight is 244 g/mol. The van der Waals surface area contributed by atoms with Crippen LogP contribution in [0.3, 0.4) is 0 Å². The second-order valence-electron chi connectivity index (χ2n) is 4.15. The second kappa shape index (κ2) is 5.04. The maximum absolute atomic E-state index is 11.6. The third-order valence-corrected chi connectivity index (χ3v) is 2.68. The summed E-state index contributed by atoms with van der Waals surface area (Å²) in [7, 11) is 0. The van der Waals surface area contributed by atoms with Gasteiger partial charge in [0.05, 0.1) is 12.3 Å². The van der Waals surface area contributed by atoms with E-state index in [1.54, 1.807) is 6.92 Å². The van der Waals surface area contributed by atoms with E-state index in [1.807, 2.05) is 38.1 Å². The minimum atomic E-state index is -0.418. The maximum atomic E-state index is 11.6. The van der Waals surface area contributed by atoms with Crippen molar-refractivity contribution in [3.8, 4) is 11.3 Å². The Morgan fingerprint density at radius 1 is 1.28 bits per heavy atom. The van der Waals surface area contributed by atoms with E-state index in [1.165, 1.54) is 5.56 Å². The highest BCUT2D eigenvalue weighted by molar-refractivity contribution is 5.86. The molecule has 0 saturated heterocycles. The molecule has 0 aliphatic heterocycles. The smallest absolute Gasteiger partial charge is 0.374 e. The number of rotatable bonds is 3. The van der Waals surface area contributed by atoms with Gasteiger partial charge in [-0.25, -0.2) is 9.78 Å². The largest absolute Gasteiger partial charge is 0.460 e. The van der Waals surface area contributed by atoms with Crippen LogP contribution >= 0.6 is 0 Å². The van der Waals surface area contributed by atoms with Crippen molar-refractivity contribution in [3.63, 3.8) is 0 Å². The third kappa shape index (κ3) is 2.42. The summed E-state index contributed by atoms with van der Waals surface area (Å²) in [5.41, 5.74) is 3.84. The molecule has 0 atom stereocenters. The SMILES string of the molecule is CCOC(=O)c1nc(-c2ccc(C)cc2)c(C)[nH]1. The summed E-state index contributed by atoms with van der Waals surface area (Å²) < 4.78 is 4.92. The number of aromatic nitrogens is 2. The van der Waals surface area contributed by atoms with Crippen LogP contribution < -0.4 is 0 Å². The van der Waals surface area contributed by atoms with Gasteiger partial charge in [0.1, 0.15) is 0 Å². The first-order valence-electron chi connectivity index (χ1n) is 5.92. The molecule has 0 bridgehead atoms. The molecule has 1 heterocycles. The lowest BCUT2D eigenvalue weighted by Gasteiger charge is -1.99. The number of carbonyl (C=O) groups is 1. The molecule has 0 unspecified atom stereocenters. The van der Waals surface area contributed by atoms with Crippen molar-refractivity contribution < 1.29 is 9.53 Å². The Labute approximate surface area is 106 Å². The molecule has 0 fully saturated rings. The quantitative estimate of drug-likeness (QED) is 0.845. The Morgan fingerprint density at radius 2 is 1.94 bits per heavy atom. The van der Waals surface area contributed by atoms with Crippen LogP contribution in [0.4, 0.5) is 0 Å². The fourth-order valence-electron chi connectivity index (χ4n) is 1.75. The van der Waals surface area contributed by atoms with Gasteiger partial charge in [0.15, 0.2) is 0 Å². The standard InChI is InChI=1S/C14H16N2O2/c1-4-18-14(17)13-15-10(3)12(16-13)11-7-5-9(2)6-8-11/h5-8H,4H2,1-3H3,(H,15,16). The zero-order valence-electron chi connectivity index (χ0n) is 10.8. The Hall–Kier alpha value is -2.10. The van der Waals surface area contributed by atoms with Gasteiger partial charge in [-0.05, 0) is 20.8 Å². The zero-order valence-corrected chi connectivity index (χ0v) is 10.8. The number of hydrogen-bond donors (Lipinski definition) is 1. The van der Waals surface area contributed by atoms with Gasteiger partial charge in [-0.1, -0.05) is 29.8 Å². The number of aryl methyl sites for hydroxylation is 2. The zero-order chi connectivity index (χ0) is 13.1. The summed E-state index contributed by atoms with van der Waals surface area (Å²) in [4.78, 5) is 18.8. The molecular weight excluding hydrogens is 228 g/mol. The normalized spacial score (nSPS) is 10.4. The summed E-state index contributed by atoms with van der Waals surface area (Å²) in [5.74, 6) is -0.163. The van der Waals surface area contributed by atoms with Gasteiger partial charge in [-0.15, -0.1) is 0 Å². The fourth-order valence-corrected chi connectivity index (χ4v) is 1.75. The first-order valence-corrected chi connectivity index (χ1v) is 5.92. The molecule has 0 aliphatic rings. The molecule has 4 nitrogen and oxygen atoms in total. The lowest BCUT2D eigenvalue weighted by Crippen LogP contribution is -2.06. The molecule has 94 valence electrons. The number of esters is 1. The summed E-state index contributed by atoms with van der Waals surface area (Å²) in [6.07, 6.45) is 0. The molecule has 1 aromatic carbocycles. The molecule has 0 aliphatic carbocycles. The predicted octanol–water partition coefficient (Wildman–Crippen LogP) is 2.87. The number of H-pyrrole nitrogens is 1. The summed E-state index contributed by atoms with van der Waals surface area (Å²) in [6, 6.07) is 8.03. The number of benzene rings is 1. The van der Waals surface area contributed by atoms with E-state index in [4.69, 9.17) is 4.74 Å². The molecule has 0 amide bonds. The second-order valence-corrected chi connectivity index (χ2v) is 4.15. The fraction of sp³-hybridized carbons (Fsp3) is 0.286. The summed E-state index contributed by atoms with van der Waals surface area (Å²) in [5, 5.41) is 0. The number of ether oxygens (including phenoxy) is 1. The van der Waals surface area contributed by atoms with Crippen LogP contribution in [-0.4, -0.2) is 22.5 Å². The van der Waals surface area contributed by atoms with E-state index in [-0.39, 0.29) is 5.82 Å². The Kier molecular flexibility index (Phi) is 3.46. The lowest BCUT2D eigenvalue weighted by atomic mass is 10.1. The van der Waals surface area contributed by atoms with Gasteiger partial charge in [0, 0.05) is 11.3 Å². The van der Waals surface area contributed by atoms with Crippen LogP contribution in [-0.2, 0) is 4.74 Å². The number of carbonyl (C=O) groups excluding carboxylic acids is 1. The molecule has 4 heteroatoms. The van der Waals surface area contributed by atoms with Crippen molar-refractivity contribution in [2.75, 3.05) is 6.61 Å². The van der Waals surface area contributed by atoms with Crippen LogP contribution in [0.5, 0.6) is 0 Å². The van der Waals surface area contributed by atoms with Crippen molar-refractivity contribution >= 4 is 5.97 Å². The van der Waals surface area contributed by atoms with Gasteiger partial charge in [-0.3, -0.25) is 0 Å². The minimum absolute atomic E-state index is 0.255. The van der Waals surface area contributed by atoms with E-state index < -0.39 is 5.97 Å². The van der Waals surface area contributed by atoms with E-state index in [0.717, 1.165) is 17.0 Å². The third-order valence-electron chi connectivity index (χ3n) is 2.68. The number of nitrogens with zero attached hydrogens (tertiary/aromatic N) is 1. The number of nitrogens with one attached hydrogen (secondary N) is 1. The van der Waals surface area contributed by atoms with Crippen LogP contribution in [0.15, 0.2) is 24.3 Å². The van der Waals surface area contributed by atoms with Crippen LogP contribution in [0.1, 0.15) is 28.8 Å². The highest BCUT2D eigenvalue weighted by Gasteiger charge is 2.15. The van der Waals surface area contributed by atoms with Crippen LogP contribution in [0.25, 0.3) is 11.3 Å². The van der Waals surface area contributed by atoms with Crippen molar-refractivity contribution in [1.29, 1.82) is 0 Å². The van der Waals surface area contributed by atoms with E-state index in [2.05, 4.69) is 9.97 Å². The van der Waals surface area contributed by atoms with Gasteiger partial charge >= 0.3 is 5.97 Å². The predicted molar refractivity (Wildman–Crippen MR) is 69.5 cm³/mol. The van der Waals surface area contributed by atoms with Crippen LogP contribution in [0, 0.1) is 13.8 Å². The molecule has 2 rings (SSSR count). The number of hydrogen-bond acceptors (Lipinski definition) is 3. The molecule has 0 radical (unpaired) electrons. The van der Waals surface area contributed by atoms with Gasteiger partial charge < -0.3 is 9.72 Å². The highest BCUT2D eigenvalue weighted by Crippen LogP contribution is 2.21. The van der Waals surface area contributed by atoms with Crippen molar-refractivity contribution in [1.82, 2.24) is 9.97 Å². The molecule has 0 spiro atoms. The Morgan fingerprint density at radius 3 is 2.56 bits per heavy atom. The van der Waals surface area contributed by atoms with Crippen LogP contribution in [0.2, 0.25) is 0 Å². The van der Waals surface area contributed by atoms with Crippen molar-refractivity contribution in [3.05, 3.63) is 41.3 Å². The Bertz CT molecular complexity index is 556. The average Bonchev–Trinajstić information content (AvgIpc) is 2.73. The first-order chi connectivity index (χ1) is 8.61. The molecule has 2 aromatic rings. The minimum Gasteiger partial charge on any atom is -0.460 e. The summed E-state index contributed by atoms with van der Waals surface area (Å²) >= 11 is 0. The monoisotopic (exact) mass is 244 g/mol. The van der Waals surface area contributed by atoms with Gasteiger partial charge in [0.2, 0.25) is 5.82 Å². The van der Waals surface area contributed by atoms with Crippen molar-refractivity contribution in [2.45, 2.75) is 20.8 Å². The molecule has 0 saturated carbocycles. The number of imidazole rings is 1. The first kappa shape index (κ1) is 12.4. The van der Waals surface area contributed by atoms with E-state index in [9.17, 15) is 4.79 Å². The summed E-state index contributed by atoms with van der Waals surface area (Å²) in [6.45, 7) is 6.04. The topological polar surface area (TPSA) is 55.0 Å². The Balaban J connectivity index is 2.34. The molecule has 1 N–H and O–H groups in total. The highest BCUT2D eigenvalue weighted by atomic mass is 16.5. The maximum Gasteiger partial charge on any atom is 0.374 e. The molecule has 1 aromatic heterocycles. The van der Waals surface area contributed by atoms with E-state index in [0.29, 0.717) is 6.61 Å². The van der Waals surface area contributed by atoms with Crippen molar-refractivity contribution in [2.24, 2.45) is 0 Å². The lowest BCUT2D eigenvalue weighted by molar-refractivity contribution is 0.0513. The molecule has 18 heavy (non-hydrogen) atoms.